The summed E-state index contributed by atoms with van der Waals surface area (Å²) in [5.74, 6) is -0.982. The Morgan fingerprint density at radius 1 is 1.09 bits per heavy atom. The first kappa shape index (κ1) is 21.5. The molecule has 3 aromatic rings. The average molecular weight is 433 g/mol. The monoisotopic (exact) mass is 433 g/mol. The van der Waals surface area contributed by atoms with Crippen LogP contribution in [-0.4, -0.2) is 41.9 Å². The van der Waals surface area contributed by atoms with Crippen LogP contribution >= 0.6 is 0 Å². The van der Waals surface area contributed by atoms with E-state index in [1.807, 2.05) is 18.2 Å². The number of halogens is 1. The number of ether oxygens (including phenoxy) is 1. The molecule has 6 nitrogen and oxygen atoms in total. The summed E-state index contributed by atoms with van der Waals surface area (Å²) in [5.41, 5.74) is 1.92. The molecule has 1 saturated heterocycles. The number of carbonyl (C=O) groups is 2. The number of methoxy groups -OCH3 is 1. The molecule has 164 valence electrons. The van der Waals surface area contributed by atoms with Crippen molar-refractivity contribution in [3.05, 3.63) is 95.6 Å². The molecule has 1 aliphatic heterocycles. The first-order valence-electron chi connectivity index (χ1n) is 10.4. The van der Waals surface area contributed by atoms with Crippen molar-refractivity contribution in [1.29, 1.82) is 0 Å². The maximum Gasteiger partial charge on any atom is 0.254 e. The molecule has 0 saturated carbocycles. The van der Waals surface area contributed by atoms with Gasteiger partial charge in [-0.05, 0) is 48.0 Å². The van der Waals surface area contributed by atoms with Crippen LogP contribution in [0.15, 0.2) is 72.9 Å². The molecule has 1 aromatic heterocycles. The number of pyridine rings is 1. The van der Waals surface area contributed by atoms with E-state index < -0.39 is 5.92 Å². The van der Waals surface area contributed by atoms with Crippen LogP contribution in [0, 0.1) is 11.7 Å². The SMILES string of the molecule is COc1cccc(C(=O)N2CC(C(=O)NCc3ccccn3)C(c3cccc(F)c3)C2)c1. The molecule has 0 bridgehead atoms. The van der Waals surface area contributed by atoms with Crippen molar-refractivity contribution >= 4 is 11.8 Å². The van der Waals surface area contributed by atoms with Crippen molar-refractivity contribution in [3.8, 4) is 5.75 Å². The third-order valence-electron chi connectivity index (χ3n) is 5.71. The first-order valence-corrected chi connectivity index (χ1v) is 10.4. The fourth-order valence-corrected chi connectivity index (χ4v) is 4.06. The molecule has 1 fully saturated rings. The Morgan fingerprint density at radius 3 is 2.69 bits per heavy atom. The predicted octanol–water partition coefficient (Wildman–Crippen LogP) is 3.40. The van der Waals surface area contributed by atoms with Gasteiger partial charge in [0.05, 0.1) is 25.3 Å². The molecule has 1 aliphatic rings. The average Bonchev–Trinajstić information content (AvgIpc) is 3.28. The van der Waals surface area contributed by atoms with E-state index >= 15 is 0 Å². The second-order valence-electron chi connectivity index (χ2n) is 7.75. The van der Waals surface area contributed by atoms with Gasteiger partial charge < -0.3 is 15.0 Å². The van der Waals surface area contributed by atoms with Crippen molar-refractivity contribution in [1.82, 2.24) is 15.2 Å². The summed E-state index contributed by atoms with van der Waals surface area (Å²) in [6, 6.07) is 18.6. The maximum atomic E-state index is 13.9. The molecular weight excluding hydrogens is 409 g/mol. The predicted molar refractivity (Wildman–Crippen MR) is 118 cm³/mol. The number of nitrogens with one attached hydrogen (secondary N) is 1. The van der Waals surface area contributed by atoms with Gasteiger partial charge in [-0.3, -0.25) is 14.6 Å². The second kappa shape index (κ2) is 9.60. The minimum Gasteiger partial charge on any atom is -0.497 e. The molecule has 2 amide bonds. The van der Waals surface area contributed by atoms with E-state index in [1.54, 1.807) is 54.6 Å². The van der Waals surface area contributed by atoms with E-state index in [0.717, 1.165) is 5.69 Å². The van der Waals surface area contributed by atoms with E-state index in [1.165, 1.54) is 12.1 Å². The fraction of sp³-hybridized carbons (Fsp3) is 0.240. The van der Waals surface area contributed by atoms with Crippen molar-refractivity contribution in [2.45, 2.75) is 12.5 Å². The van der Waals surface area contributed by atoms with Crippen molar-refractivity contribution in [2.75, 3.05) is 20.2 Å². The number of benzene rings is 2. The van der Waals surface area contributed by atoms with Crippen LogP contribution in [0.2, 0.25) is 0 Å². The number of carbonyl (C=O) groups excluding carboxylic acids is 2. The zero-order valence-electron chi connectivity index (χ0n) is 17.7. The molecule has 2 heterocycles. The summed E-state index contributed by atoms with van der Waals surface area (Å²) in [7, 11) is 1.54. The quantitative estimate of drug-likeness (QED) is 0.647. The minimum atomic E-state index is -0.505. The zero-order valence-corrected chi connectivity index (χ0v) is 17.7. The lowest BCUT2D eigenvalue weighted by Gasteiger charge is -2.18. The Balaban J connectivity index is 1.56. The molecule has 4 rings (SSSR count). The fourth-order valence-electron chi connectivity index (χ4n) is 4.06. The van der Waals surface area contributed by atoms with Gasteiger partial charge in [-0.2, -0.15) is 0 Å². The Labute approximate surface area is 186 Å². The smallest absolute Gasteiger partial charge is 0.254 e. The summed E-state index contributed by atoms with van der Waals surface area (Å²) in [4.78, 5) is 32.1. The number of rotatable bonds is 6. The number of hydrogen-bond acceptors (Lipinski definition) is 4. The summed E-state index contributed by atoms with van der Waals surface area (Å²) >= 11 is 0. The lowest BCUT2D eigenvalue weighted by molar-refractivity contribution is -0.125. The number of likely N-dealkylation sites (tertiary alicyclic amines) is 1. The van der Waals surface area contributed by atoms with E-state index in [2.05, 4.69) is 10.3 Å². The van der Waals surface area contributed by atoms with Gasteiger partial charge in [-0.15, -0.1) is 0 Å². The second-order valence-corrected chi connectivity index (χ2v) is 7.75. The van der Waals surface area contributed by atoms with Crippen LogP contribution in [0.1, 0.15) is 27.5 Å². The lowest BCUT2D eigenvalue weighted by atomic mass is 9.88. The van der Waals surface area contributed by atoms with Gasteiger partial charge in [0.25, 0.3) is 5.91 Å². The van der Waals surface area contributed by atoms with Crippen molar-refractivity contribution in [3.63, 3.8) is 0 Å². The topological polar surface area (TPSA) is 71.5 Å². The summed E-state index contributed by atoms with van der Waals surface area (Å²) in [5, 5.41) is 2.92. The Bertz CT molecular complexity index is 1110. The molecule has 32 heavy (non-hydrogen) atoms. The molecule has 2 aromatic carbocycles. The lowest BCUT2D eigenvalue weighted by Crippen LogP contribution is -2.35. The van der Waals surface area contributed by atoms with E-state index in [-0.39, 0.29) is 36.6 Å². The minimum absolute atomic E-state index is 0.189. The van der Waals surface area contributed by atoms with Crippen LogP contribution in [0.5, 0.6) is 5.75 Å². The van der Waals surface area contributed by atoms with Crippen LogP contribution in [0.3, 0.4) is 0 Å². The molecule has 0 aliphatic carbocycles. The third-order valence-corrected chi connectivity index (χ3v) is 5.71. The van der Waals surface area contributed by atoms with Crippen LogP contribution in [-0.2, 0) is 11.3 Å². The highest BCUT2D eigenvalue weighted by Crippen LogP contribution is 2.34. The van der Waals surface area contributed by atoms with Gasteiger partial charge in [-0.25, -0.2) is 4.39 Å². The van der Waals surface area contributed by atoms with Gasteiger partial charge >= 0.3 is 0 Å². The third kappa shape index (κ3) is 4.77. The van der Waals surface area contributed by atoms with Gasteiger partial charge in [-0.1, -0.05) is 24.3 Å². The summed E-state index contributed by atoms with van der Waals surface area (Å²) < 4.78 is 19.1. The molecule has 2 unspecified atom stereocenters. The molecule has 2 atom stereocenters. The zero-order chi connectivity index (χ0) is 22.5. The Kier molecular flexibility index (Phi) is 6.44. The van der Waals surface area contributed by atoms with Gasteiger partial charge in [0.15, 0.2) is 0 Å². The molecule has 0 spiro atoms. The van der Waals surface area contributed by atoms with E-state index in [9.17, 15) is 14.0 Å². The Hall–Kier alpha value is -3.74. The molecule has 0 radical (unpaired) electrons. The Morgan fingerprint density at radius 2 is 1.94 bits per heavy atom. The van der Waals surface area contributed by atoms with Crippen LogP contribution < -0.4 is 10.1 Å². The standard InChI is InChI=1S/C25H24FN3O3/c1-32-21-10-5-7-18(13-21)25(31)29-15-22(17-6-4-8-19(26)12-17)23(16-29)24(30)28-14-20-9-2-3-11-27-20/h2-13,22-23H,14-16H2,1H3,(H,28,30). The van der Waals surface area contributed by atoms with Gasteiger partial charge in [0.2, 0.25) is 5.91 Å². The number of nitrogens with zero attached hydrogens (tertiary/aromatic N) is 2. The highest BCUT2D eigenvalue weighted by molar-refractivity contribution is 5.95. The molecular formula is C25H24FN3O3. The van der Waals surface area contributed by atoms with Gasteiger partial charge in [0.1, 0.15) is 11.6 Å². The van der Waals surface area contributed by atoms with Crippen molar-refractivity contribution in [2.24, 2.45) is 5.92 Å². The number of amides is 2. The molecule has 7 heteroatoms. The van der Waals surface area contributed by atoms with Crippen molar-refractivity contribution < 1.29 is 18.7 Å². The largest absolute Gasteiger partial charge is 0.497 e. The summed E-state index contributed by atoms with van der Waals surface area (Å²) in [6.45, 7) is 0.850. The highest BCUT2D eigenvalue weighted by Gasteiger charge is 2.40. The van der Waals surface area contributed by atoms with E-state index in [4.69, 9.17) is 4.74 Å². The molecule has 1 N–H and O–H groups in total. The number of hydrogen-bond donors (Lipinski definition) is 1. The first-order chi connectivity index (χ1) is 15.5. The normalized spacial score (nSPS) is 17.8. The van der Waals surface area contributed by atoms with Gasteiger partial charge in [0, 0.05) is 30.8 Å². The number of aromatic nitrogens is 1. The summed E-state index contributed by atoms with van der Waals surface area (Å²) in [6.07, 6.45) is 1.67. The highest BCUT2D eigenvalue weighted by atomic mass is 19.1. The van der Waals surface area contributed by atoms with E-state index in [0.29, 0.717) is 23.4 Å². The maximum absolute atomic E-state index is 13.9. The van der Waals surface area contributed by atoms with Crippen LogP contribution in [0.25, 0.3) is 0 Å². The van der Waals surface area contributed by atoms with Crippen LogP contribution in [0.4, 0.5) is 4.39 Å².